The monoisotopic (exact) mass is 465 g/mol. The average molecular weight is 466 g/mol. The molecular formula is C26H27N9. The molecule has 176 valence electrons. The van der Waals surface area contributed by atoms with Crippen LogP contribution < -0.4 is 4.90 Å². The Hall–Kier alpha value is -4.14. The molecule has 0 spiro atoms. The van der Waals surface area contributed by atoms with E-state index < -0.39 is 0 Å². The maximum atomic E-state index is 4.95. The first-order valence-corrected chi connectivity index (χ1v) is 12.2. The van der Waals surface area contributed by atoms with Crippen molar-refractivity contribution in [1.29, 1.82) is 0 Å². The van der Waals surface area contributed by atoms with Gasteiger partial charge in [0.25, 0.3) is 5.78 Å². The fourth-order valence-corrected chi connectivity index (χ4v) is 5.00. The summed E-state index contributed by atoms with van der Waals surface area (Å²) in [6, 6.07) is 16.9. The van der Waals surface area contributed by atoms with Gasteiger partial charge in [-0.2, -0.15) is 20.3 Å². The molecule has 9 heteroatoms. The zero-order chi connectivity index (χ0) is 23.6. The SMILES string of the molecule is CCCc1c(Cc2ccc(-c3ccccc3-c3nn[nH]n3)cc2)c(N2CCCC2)nc2ncnn12. The normalized spacial score (nSPS) is 13.7. The number of anilines is 1. The second kappa shape index (κ2) is 9.25. The van der Waals surface area contributed by atoms with E-state index in [1.165, 1.54) is 29.7 Å². The summed E-state index contributed by atoms with van der Waals surface area (Å²) >= 11 is 0. The van der Waals surface area contributed by atoms with E-state index in [0.29, 0.717) is 11.6 Å². The predicted molar refractivity (Wildman–Crippen MR) is 134 cm³/mol. The Morgan fingerprint density at radius 3 is 2.51 bits per heavy atom. The van der Waals surface area contributed by atoms with Crippen LogP contribution in [0.2, 0.25) is 0 Å². The first-order chi connectivity index (χ1) is 17.3. The van der Waals surface area contributed by atoms with Crippen LogP contribution in [0.5, 0.6) is 0 Å². The number of aromatic amines is 1. The van der Waals surface area contributed by atoms with Gasteiger partial charge in [0.1, 0.15) is 12.1 Å². The van der Waals surface area contributed by atoms with Crippen LogP contribution in [-0.2, 0) is 12.8 Å². The third kappa shape index (κ3) is 4.03. The zero-order valence-corrected chi connectivity index (χ0v) is 19.7. The Bertz CT molecular complexity index is 1430. The molecule has 5 aromatic rings. The fourth-order valence-electron chi connectivity index (χ4n) is 5.00. The summed E-state index contributed by atoms with van der Waals surface area (Å²) in [6.07, 6.45) is 6.80. The van der Waals surface area contributed by atoms with Crippen molar-refractivity contribution in [3.63, 3.8) is 0 Å². The van der Waals surface area contributed by atoms with Gasteiger partial charge in [-0.25, -0.2) is 4.52 Å². The summed E-state index contributed by atoms with van der Waals surface area (Å²) < 4.78 is 1.92. The summed E-state index contributed by atoms with van der Waals surface area (Å²) in [5.41, 5.74) is 6.86. The minimum Gasteiger partial charge on any atom is -0.356 e. The molecule has 1 saturated heterocycles. The molecule has 1 N–H and O–H groups in total. The molecule has 0 atom stereocenters. The quantitative estimate of drug-likeness (QED) is 0.386. The molecule has 6 rings (SSSR count). The van der Waals surface area contributed by atoms with Crippen LogP contribution in [0.15, 0.2) is 54.9 Å². The van der Waals surface area contributed by atoms with Gasteiger partial charge in [0.05, 0.1) is 5.69 Å². The number of H-pyrrole nitrogens is 1. The maximum Gasteiger partial charge on any atom is 0.254 e. The van der Waals surface area contributed by atoms with E-state index in [4.69, 9.17) is 4.98 Å². The van der Waals surface area contributed by atoms with Crippen molar-refractivity contribution in [2.45, 2.75) is 39.0 Å². The molecule has 1 aliphatic rings. The number of hydrogen-bond donors (Lipinski definition) is 1. The number of fused-ring (bicyclic) bond motifs is 1. The molecule has 0 radical (unpaired) electrons. The summed E-state index contributed by atoms with van der Waals surface area (Å²) in [5.74, 6) is 2.35. The lowest BCUT2D eigenvalue weighted by Crippen LogP contribution is -2.23. The minimum atomic E-state index is 0.594. The smallest absolute Gasteiger partial charge is 0.254 e. The Morgan fingerprint density at radius 1 is 0.971 bits per heavy atom. The van der Waals surface area contributed by atoms with Crippen molar-refractivity contribution < 1.29 is 0 Å². The van der Waals surface area contributed by atoms with Crippen LogP contribution in [-0.4, -0.2) is 53.3 Å². The molecule has 0 amide bonds. The summed E-state index contributed by atoms with van der Waals surface area (Å²) in [4.78, 5) is 11.8. The summed E-state index contributed by atoms with van der Waals surface area (Å²) in [5, 5.41) is 19.1. The van der Waals surface area contributed by atoms with Crippen molar-refractivity contribution in [3.05, 3.63) is 71.7 Å². The summed E-state index contributed by atoms with van der Waals surface area (Å²) in [7, 11) is 0. The lowest BCUT2D eigenvalue weighted by atomic mass is 9.96. The average Bonchev–Trinajstić information content (AvgIpc) is 3.68. The Labute approximate surface area is 203 Å². The van der Waals surface area contributed by atoms with Crippen LogP contribution in [0.1, 0.15) is 43.0 Å². The van der Waals surface area contributed by atoms with Crippen molar-refractivity contribution >= 4 is 11.6 Å². The molecule has 4 heterocycles. The number of tetrazole rings is 1. The highest BCUT2D eigenvalue weighted by Crippen LogP contribution is 2.32. The number of nitrogens with one attached hydrogen (secondary N) is 1. The highest BCUT2D eigenvalue weighted by atomic mass is 15.5. The van der Waals surface area contributed by atoms with E-state index in [1.807, 2.05) is 22.7 Å². The number of hydrogen-bond acceptors (Lipinski definition) is 7. The van der Waals surface area contributed by atoms with Gasteiger partial charge in [-0.1, -0.05) is 61.9 Å². The molecule has 2 aromatic carbocycles. The highest BCUT2D eigenvalue weighted by molar-refractivity contribution is 5.80. The molecule has 0 unspecified atom stereocenters. The van der Waals surface area contributed by atoms with Crippen molar-refractivity contribution in [1.82, 2.24) is 40.2 Å². The molecule has 1 aliphatic heterocycles. The van der Waals surface area contributed by atoms with E-state index in [-0.39, 0.29) is 0 Å². The van der Waals surface area contributed by atoms with Crippen LogP contribution >= 0.6 is 0 Å². The zero-order valence-electron chi connectivity index (χ0n) is 19.7. The molecule has 0 aliphatic carbocycles. The Morgan fingerprint density at radius 2 is 1.77 bits per heavy atom. The van der Waals surface area contributed by atoms with Crippen LogP contribution in [0.3, 0.4) is 0 Å². The molecular weight excluding hydrogens is 438 g/mol. The number of aryl methyl sites for hydroxylation is 1. The van der Waals surface area contributed by atoms with Gasteiger partial charge >= 0.3 is 0 Å². The minimum absolute atomic E-state index is 0.594. The summed E-state index contributed by atoms with van der Waals surface area (Å²) in [6.45, 7) is 4.29. The first kappa shape index (κ1) is 21.4. The molecule has 0 bridgehead atoms. The van der Waals surface area contributed by atoms with Gasteiger partial charge in [0.2, 0.25) is 5.82 Å². The van der Waals surface area contributed by atoms with Gasteiger partial charge in [-0.3, -0.25) is 0 Å². The van der Waals surface area contributed by atoms with Gasteiger partial charge in [0.15, 0.2) is 0 Å². The van der Waals surface area contributed by atoms with E-state index in [9.17, 15) is 0 Å². The third-order valence-corrected chi connectivity index (χ3v) is 6.66. The van der Waals surface area contributed by atoms with Crippen LogP contribution in [0, 0.1) is 0 Å². The van der Waals surface area contributed by atoms with Crippen molar-refractivity contribution in [2.24, 2.45) is 0 Å². The molecule has 3 aromatic heterocycles. The molecule has 1 fully saturated rings. The molecule has 0 saturated carbocycles. The molecule has 35 heavy (non-hydrogen) atoms. The first-order valence-electron chi connectivity index (χ1n) is 12.2. The van der Waals surface area contributed by atoms with Crippen LogP contribution in [0.4, 0.5) is 5.82 Å². The number of benzene rings is 2. The Kier molecular flexibility index (Phi) is 5.65. The van der Waals surface area contributed by atoms with Crippen LogP contribution in [0.25, 0.3) is 28.3 Å². The number of aromatic nitrogens is 8. The predicted octanol–water partition coefficient (Wildman–Crippen LogP) is 4.11. The van der Waals surface area contributed by atoms with E-state index in [2.05, 4.69) is 72.9 Å². The maximum absolute atomic E-state index is 4.95. The Balaban J connectivity index is 1.38. The standard InChI is InChI=1S/C26H27N9/c1-2-7-23-22(25(34-14-5-6-15-34)29-26-27-17-28-35(23)26)16-18-10-12-19(13-11-18)20-8-3-4-9-21(20)24-30-32-33-31-24/h3-4,8-13,17H,2,5-7,14-16H2,1H3,(H,30,31,32,33). The third-order valence-electron chi connectivity index (χ3n) is 6.66. The highest BCUT2D eigenvalue weighted by Gasteiger charge is 2.23. The second-order valence-electron chi connectivity index (χ2n) is 8.93. The fraction of sp³-hybridized carbons (Fsp3) is 0.308. The van der Waals surface area contributed by atoms with Gasteiger partial charge in [-0.15, -0.1) is 10.2 Å². The van der Waals surface area contributed by atoms with Crippen molar-refractivity contribution in [2.75, 3.05) is 18.0 Å². The lowest BCUT2D eigenvalue weighted by molar-refractivity contribution is 0.768. The van der Waals surface area contributed by atoms with E-state index in [1.54, 1.807) is 6.33 Å². The van der Waals surface area contributed by atoms with Crippen molar-refractivity contribution in [3.8, 4) is 22.5 Å². The van der Waals surface area contributed by atoms with E-state index >= 15 is 0 Å². The van der Waals surface area contributed by atoms with Gasteiger partial charge in [-0.05, 0) is 41.2 Å². The van der Waals surface area contributed by atoms with E-state index in [0.717, 1.165) is 54.9 Å². The topological polar surface area (TPSA) is 101 Å². The molecule has 9 nitrogen and oxygen atoms in total. The van der Waals surface area contributed by atoms with Gasteiger partial charge < -0.3 is 4.90 Å². The largest absolute Gasteiger partial charge is 0.356 e. The number of nitrogens with zero attached hydrogens (tertiary/aromatic N) is 8. The lowest BCUT2D eigenvalue weighted by Gasteiger charge is -2.23. The number of rotatable bonds is 7. The second-order valence-corrected chi connectivity index (χ2v) is 8.93. The van der Waals surface area contributed by atoms with Gasteiger partial charge in [0, 0.05) is 30.6 Å².